The molecule has 1 N–H and O–H groups in total. The van der Waals surface area contributed by atoms with Gasteiger partial charge in [-0.25, -0.2) is 5.43 Å². The molecule has 2 aromatic rings. The molecule has 0 aromatic heterocycles. The van der Waals surface area contributed by atoms with Gasteiger partial charge in [0.1, 0.15) is 5.75 Å². The molecule has 1 amide bonds. The van der Waals surface area contributed by atoms with Crippen molar-refractivity contribution in [2.75, 3.05) is 6.61 Å². The van der Waals surface area contributed by atoms with Gasteiger partial charge in [-0.2, -0.15) is 5.10 Å². The molecule has 24 heavy (non-hydrogen) atoms. The monoisotopic (exact) mass is 328 g/mol. The second kappa shape index (κ2) is 7.73. The van der Waals surface area contributed by atoms with Crippen molar-refractivity contribution in [3.63, 3.8) is 0 Å². The first-order valence-electron chi connectivity index (χ1n) is 6.92. The molecule has 0 atom stereocenters. The minimum atomic E-state index is -0.756. The van der Waals surface area contributed by atoms with E-state index in [0.29, 0.717) is 11.3 Å². The van der Waals surface area contributed by atoms with Crippen molar-refractivity contribution in [3.05, 3.63) is 63.7 Å². The number of nitro groups is 1. The second-order valence-corrected chi connectivity index (χ2v) is 4.88. The average molecular weight is 328 g/mol. The maximum atomic E-state index is 11.6. The topological polar surface area (TPSA) is 117 Å². The van der Waals surface area contributed by atoms with Gasteiger partial charge in [0.05, 0.1) is 11.1 Å². The highest BCUT2D eigenvalue weighted by atomic mass is 16.6. The lowest BCUT2D eigenvalue weighted by Crippen LogP contribution is -2.24. The van der Waals surface area contributed by atoms with Crippen molar-refractivity contribution < 1.29 is 19.6 Å². The minimum Gasteiger partial charge on any atom is -0.868 e. The average Bonchev–Trinajstić information content (AvgIpc) is 2.53. The van der Waals surface area contributed by atoms with Crippen LogP contribution in [0.1, 0.15) is 11.1 Å². The molecule has 0 saturated carbocycles. The second-order valence-electron chi connectivity index (χ2n) is 4.88. The van der Waals surface area contributed by atoms with Crippen LogP contribution in [-0.4, -0.2) is 23.7 Å². The maximum absolute atomic E-state index is 11.6. The van der Waals surface area contributed by atoms with Gasteiger partial charge in [0.2, 0.25) is 0 Å². The Hall–Kier alpha value is -3.42. The molecule has 0 bridgehead atoms. The van der Waals surface area contributed by atoms with Crippen LogP contribution in [0.15, 0.2) is 47.6 Å². The molecule has 0 fully saturated rings. The van der Waals surface area contributed by atoms with Crippen LogP contribution in [0, 0.1) is 17.0 Å². The van der Waals surface area contributed by atoms with E-state index in [1.54, 1.807) is 12.1 Å². The molecule has 0 aliphatic rings. The van der Waals surface area contributed by atoms with Gasteiger partial charge in [-0.15, -0.1) is 0 Å². The molecule has 2 rings (SSSR count). The summed E-state index contributed by atoms with van der Waals surface area (Å²) < 4.78 is 5.30. The van der Waals surface area contributed by atoms with Gasteiger partial charge in [0, 0.05) is 6.07 Å². The van der Waals surface area contributed by atoms with Gasteiger partial charge in [0.15, 0.2) is 6.61 Å². The number of amides is 1. The van der Waals surface area contributed by atoms with Crippen molar-refractivity contribution in [2.24, 2.45) is 5.10 Å². The van der Waals surface area contributed by atoms with Crippen LogP contribution in [0.3, 0.4) is 0 Å². The highest BCUT2D eigenvalue weighted by Gasteiger charge is 2.06. The fourth-order valence-corrected chi connectivity index (χ4v) is 1.83. The van der Waals surface area contributed by atoms with Crippen molar-refractivity contribution >= 4 is 17.8 Å². The van der Waals surface area contributed by atoms with E-state index in [9.17, 15) is 20.0 Å². The number of hydrogen-bond acceptors (Lipinski definition) is 6. The van der Waals surface area contributed by atoms with Crippen molar-refractivity contribution in [3.8, 4) is 11.5 Å². The Morgan fingerprint density at radius 1 is 1.33 bits per heavy atom. The zero-order valence-corrected chi connectivity index (χ0v) is 12.8. The number of nitrogens with zero attached hydrogens (tertiary/aromatic N) is 2. The smallest absolute Gasteiger partial charge is 0.277 e. The molecule has 0 saturated heterocycles. The van der Waals surface area contributed by atoms with Gasteiger partial charge in [0.25, 0.3) is 11.6 Å². The Balaban J connectivity index is 1.86. The summed E-state index contributed by atoms with van der Waals surface area (Å²) in [5.41, 5.74) is 3.08. The van der Waals surface area contributed by atoms with Crippen LogP contribution < -0.4 is 15.3 Å². The number of hydrogen-bond donors (Lipinski definition) is 1. The molecule has 124 valence electrons. The summed E-state index contributed by atoms with van der Waals surface area (Å²) in [5.74, 6) is -0.629. The van der Waals surface area contributed by atoms with E-state index >= 15 is 0 Å². The number of hydrazone groups is 1. The van der Waals surface area contributed by atoms with Crippen molar-refractivity contribution in [1.82, 2.24) is 5.43 Å². The summed E-state index contributed by atoms with van der Waals surface area (Å²) >= 11 is 0. The summed E-state index contributed by atoms with van der Waals surface area (Å²) in [4.78, 5) is 21.4. The van der Waals surface area contributed by atoms with E-state index in [2.05, 4.69) is 10.5 Å². The normalized spacial score (nSPS) is 10.5. The first kappa shape index (κ1) is 16.9. The van der Waals surface area contributed by atoms with Crippen molar-refractivity contribution in [2.45, 2.75) is 6.92 Å². The summed E-state index contributed by atoms with van der Waals surface area (Å²) in [5, 5.41) is 25.7. The van der Waals surface area contributed by atoms with Crippen LogP contribution >= 0.6 is 0 Å². The third kappa shape index (κ3) is 4.80. The third-order valence-electron chi connectivity index (χ3n) is 2.94. The van der Waals surface area contributed by atoms with Gasteiger partial charge >= 0.3 is 0 Å². The van der Waals surface area contributed by atoms with Crippen LogP contribution in [-0.2, 0) is 4.79 Å². The zero-order chi connectivity index (χ0) is 17.5. The molecule has 8 heteroatoms. The van der Waals surface area contributed by atoms with E-state index in [-0.39, 0.29) is 6.61 Å². The Bertz CT molecular complexity index is 789. The lowest BCUT2D eigenvalue weighted by atomic mass is 10.2. The first-order valence-corrected chi connectivity index (χ1v) is 6.92. The standard InChI is InChI=1S/C16H15N3O5/c1-11-3-2-4-13(7-11)24-10-16(21)18-17-9-12-5-6-14(19(22)23)15(20)8-12/h2-9,20H,10H2,1H3,(H,18,21)/p-1/b17-9-. The number of benzene rings is 2. The zero-order valence-electron chi connectivity index (χ0n) is 12.8. The number of ether oxygens (including phenoxy) is 1. The molecule has 0 radical (unpaired) electrons. The van der Waals surface area contributed by atoms with Crippen LogP contribution in [0.4, 0.5) is 5.69 Å². The molecule has 0 unspecified atom stereocenters. The van der Waals surface area contributed by atoms with E-state index in [4.69, 9.17) is 4.74 Å². The number of rotatable bonds is 6. The Labute approximate surface area is 137 Å². The number of nitrogens with one attached hydrogen (secondary N) is 1. The number of carbonyl (C=O) groups is 1. The molecule has 0 spiro atoms. The minimum absolute atomic E-state index is 0.214. The Morgan fingerprint density at radius 2 is 2.12 bits per heavy atom. The fourth-order valence-electron chi connectivity index (χ4n) is 1.83. The van der Waals surface area contributed by atoms with Gasteiger partial charge in [-0.05, 0) is 42.0 Å². The molecular formula is C16H14N3O5-. The van der Waals surface area contributed by atoms with Crippen LogP contribution in [0.5, 0.6) is 11.5 Å². The van der Waals surface area contributed by atoms with Crippen LogP contribution in [0.2, 0.25) is 0 Å². The fraction of sp³-hybridized carbons (Fsp3) is 0.125. The number of nitro benzene ring substituents is 1. The third-order valence-corrected chi connectivity index (χ3v) is 2.94. The van der Waals surface area contributed by atoms with Gasteiger partial charge in [-0.1, -0.05) is 18.2 Å². The molecular weight excluding hydrogens is 314 g/mol. The molecule has 0 aliphatic carbocycles. The van der Waals surface area contributed by atoms with Crippen molar-refractivity contribution in [1.29, 1.82) is 0 Å². The first-order chi connectivity index (χ1) is 11.5. The lowest BCUT2D eigenvalue weighted by molar-refractivity contribution is -0.398. The quantitative estimate of drug-likeness (QED) is 0.490. The molecule has 8 nitrogen and oxygen atoms in total. The highest BCUT2D eigenvalue weighted by Crippen LogP contribution is 2.22. The Kier molecular flexibility index (Phi) is 5.45. The SMILES string of the molecule is Cc1cccc(OCC(=O)N/N=C\c2ccc([N+](=O)[O-])c([O-])c2)c1. The number of carbonyl (C=O) groups excluding carboxylic acids is 1. The predicted octanol–water partition coefficient (Wildman–Crippen LogP) is 1.51. The molecule has 0 aliphatic heterocycles. The van der Waals surface area contributed by atoms with E-state index < -0.39 is 22.3 Å². The van der Waals surface area contributed by atoms with E-state index in [1.807, 2.05) is 19.1 Å². The molecule has 2 aromatic carbocycles. The van der Waals surface area contributed by atoms with Crippen LogP contribution in [0.25, 0.3) is 0 Å². The molecule has 0 heterocycles. The lowest BCUT2D eigenvalue weighted by Gasteiger charge is -2.07. The number of aryl methyl sites for hydroxylation is 1. The predicted molar refractivity (Wildman–Crippen MR) is 85.0 cm³/mol. The van der Waals surface area contributed by atoms with Gasteiger partial charge in [-0.3, -0.25) is 14.9 Å². The summed E-state index contributed by atoms with van der Waals surface area (Å²) in [6.07, 6.45) is 1.22. The summed E-state index contributed by atoms with van der Waals surface area (Å²) in [6.45, 7) is 1.69. The van der Waals surface area contributed by atoms with Gasteiger partial charge < -0.3 is 9.84 Å². The van der Waals surface area contributed by atoms with E-state index in [0.717, 1.165) is 17.7 Å². The summed E-state index contributed by atoms with van der Waals surface area (Å²) in [7, 11) is 0. The largest absolute Gasteiger partial charge is 0.868 e. The van der Waals surface area contributed by atoms with E-state index in [1.165, 1.54) is 12.3 Å². The highest BCUT2D eigenvalue weighted by molar-refractivity contribution is 5.83. The maximum Gasteiger partial charge on any atom is 0.277 e. The Morgan fingerprint density at radius 3 is 2.79 bits per heavy atom. The summed E-state index contributed by atoms with van der Waals surface area (Å²) in [6, 6.07) is 10.8.